The number of aliphatic hydroxyl groups excluding tert-OH is 1. The van der Waals surface area contributed by atoms with Gasteiger partial charge in [-0.2, -0.15) is 0 Å². The molecule has 2 atom stereocenters. The van der Waals surface area contributed by atoms with Gasteiger partial charge in [-0.25, -0.2) is 9.97 Å². The van der Waals surface area contributed by atoms with Crippen LogP contribution in [0.1, 0.15) is 41.3 Å². The average Bonchev–Trinajstić information content (AvgIpc) is 3.15. The fraction of sp³-hybridized carbons (Fsp3) is 0.368. The van der Waals surface area contributed by atoms with Gasteiger partial charge >= 0.3 is 0 Å². The zero-order chi connectivity index (χ0) is 17.6. The van der Waals surface area contributed by atoms with Gasteiger partial charge in [-0.1, -0.05) is 12.1 Å². The number of anilines is 1. The van der Waals surface area contributed by atoms with Gasteiger partial charge in [0.15, 0.2) is 0 Å². The van der Waals surface area contributed by atoms with Crippen LogP contribution in [0.25, 0.3) is 10.2 Å². The van der Waals surface area contributed by atoms with Crippen molar-refractivity contribution in [1.82, 2.24) is 9.97 Å². The summed E-state index contributed by atoms with van der Waals surface area (Å²) in [6.45, 7) is 3.84. The highest BCUT2D eigenvalue weighted by Crippen LogP contribution is 2.40. The highest BCUT2D eigenvalue weighted by Gasteiger charge is 2.24. The van der Waals surface area contributed by atoms with Crippen LogP contribution in [-0.2, 0) is 12.8 Å². The van der Waals surface area contributed by atoms with E-state index < -0.39 is 6.10 Å². The zero-order valence-corrected chi connectivity index (χ0v) is 15.1. The lowest BCUT2D eigenvalue weighted by molar-refractivity contribution is 0.160. The van der Waals surface area contributed by atoms with E-state index in [-0.39, 0.29) is 11.8 Å². The number of phenolic OH excluding ortho intramolecular Hbond substituents is 1. The lowest BCUT2D eigenvalue weighted by Crippen LogP contribution is -2.25. The smallest absolute Gasteiger partial charge is 0.139 e. The second-order valence-electron chi connectivity index (χ2n) is 6.63. The minimum atomic E-state index is -0.697. The number of benzene rings is 1. The summed E-state index contributed by atoms with van der Waals surface area (Å²) >= 11 is 1.77. The first-order chi connectivity index (χ1) is 12.0. The number of aromatic nitrogens is 2. The maximum Gasteiger partial charge on any atom is 0.139 e. The summed E-state index contributed by atoms with van der Waals surface area (Å²) in [6, 6.07) is 6.43. The number of aromatic hydroxyl groups is 1. The maximum atomic E-state index is 10.6. The molecule has 0 bridgehead atoms. The number of aliphatic hydroxyl groups is 1. The summed E-state index contributed by atoms with van der Waals surface area (Å²) in [4.78, 5) is 11.7. The summed E-state index contributed by atoms with van der Waals surface area (Å²) in [7, 11) is 0. The molecule has 0 amide bonds. The van der Waals surface area contributed by atoms with Crippen molar-refractivity contribution in [1.29, 1.82) is 0 Å². The van der Waals surface area contributed by atoms with Gasteiger partial charge in [-0.3, -0.25) is 0 Å². The summed E-state index contributed by atoms with van der Waals surface area (Å²) in [5.74, 6) is 1.74. The van der Waals surface area contributed by atoms with Crippen molar-refractivity contribution in [2.75, 3.05) is 5.32 Å². The van der Waals surface area contributed by atoms with E-state index in [4.69, 9.17) is 0 Å². The molecule has 1 aliphatic rings. The first kappa shape index (κ1) is 16.3. The van der Waals surface area contributed by atoms with E-state index in [0.29, 0.717) is 0 Å². The highest BCUT2D eigenvalue weighted by atomic mass is 32.1. The summed E-state index contributed by atoms with van der Waals surface area (Å²) < 4.78 is 0. The predicted molar refractivity (Wildman–Crippen MR) is 100 cm³/mol. The molecule has 0 radical (unpaired) electrons. The van der Waals surface area contributed by atoms with Gasteiger partial charge < -0.3 is 15.5 Å². The largest absolute Gasteiger partial charge is 0.508 e. The number of nitrogens with one attached hydrogen (secondary N) is 1. The molecule has 0 aliphatic heterocycles. The van der Waals surface area contributed by atoms with Crippen molar-refractivity contribution in [3.63, 3.8) is 0 Å². The van der Waals surface area contributed by atoms with E-state index >= 15 is 0 Å². The van der Waals surface area contributed by atoms with Crippen LogP contribution in [0.4, 0.5) is 5.82 Å². The number of aryl methyl sites for hydroxylation is 3. The van der Waals surface area contributed by atoms with Gasteiger partial charge in [-0.15, -0.1) is 11.3 Å². The predicted octanol–water partition coefficient (Wildman–Crippen LogP) is 3.73. The van der Waals surface area contributed by atoms with Crippen molar-refractivity contribution >= 4 is 27.4 Å². The third kappa shape index (κ3) is 2.96. The molecule has 2 aromatic heterocycles. The normalized spacial score (nSPS) is 16.0. The average molecular weight is 355 g/mol. The van der Waals surface area contributed by atoms with Crippen molar-refractivity contribution in [3.8, 4) is 5.75 Å². The number of rotatable bonds is 4. The standard InChI is InChI=1S/C19H21N3O2S/c1-10(17(24)12-6-8-13(23)9-7-12)20-18-16-14-4-3-5-15(14)25-19(16)22-11(2)21-18/h6-10,17,23-24H,3-5H2,1-2H3,(H,20,21,22)/t10-,17-/m0/s1. The van der Waals surface area contributed by atoms with E-state index in [0.717, 1.165) is 40.3 Å². The molecule has 5 nitrogen and oxygen atoms in total. The molecule has 4 rings (SSSR count). The fourth-order valence-corrected chi connectivity index (χ4v) is 4.77. The van der Waals surface area contributed by atoms with E-state index in [1.54, 1.807) is 35.6 Å². The zero-order valence-electron chi connectivity index (χ0n) is 14.3. The van der Waals surface area contributed by atoms with Gasteiger partial charge in [0.2, 0.25) is 0 Å². The Labute approximate surface area is 150 Å². The molecule has 130 valence electrons. The molecule has 0 saturated heterocycles. The minimum absolute atomic E-state index is 0.193. The topological polar surface area (TPSA) is 78.3 Å². The van der Waals surface area contributed by atoms with Gasteiger partial charge in [0.1, 0.15) is 22.2 Å². The van der Waals surface area contributed by atoms with E-state index in [1.165, 1.54) is 16.9 Å². The van der Waals surface area contributed by atoms with E-state index in [1.807, 2.05) is 13.8 Å². The maximum absolute atomic E-state index is 10.6. The lowest BCUT2D eigenvalue weighted by atomic mass is 10.0. The Kier molecular flexibility index (Phi) is 4.09. The summed E-state index contributed by atoms with van der Waals surface area (Å²) in [5, 5.41) is 24.6. The first-order valence-electron chi connectivity index (χ1n) is 8.55. The molecule has 0 spiro atoms. The molecule has 6 heteroatoms. The summed E-state index contributed by atoms with van der Waals surface area (Å²) in [5.41, 5.74) is 2.13. The van der Waals surface area contributed by atoms with Crippen LogP contribution in [0.5, 0.6) is 5.75 Å². The molecule has 1 aliphatic carbocycles. The van der Waals surface area contributed by atoms with Crippen molar-refractivity contribution in [2.45, 2.75) is 45.3 Å². The molecule has 2 heterocycles. The highest BCUT2D eigenvalue weighted by molar-refractivity contribution is 7.19. The van der Waals surface area contributed by atoms with Crippen LogP contribution in [0, 0.1) is 6.92 Å². The molecule has 1 aromatic carbocycles. The molecule has 0 fully saturated rings. The third-order valence-electron chi connectivity index (χ3n) is 4.75. The van der Waals surface area contributed by atoms with Gasteiger partial charge in [0.05, 0.1) is 17.5 Å². The second kappa shape index (κ2) is 6.28. The Balaban J connectivity index is 1.66. The van der Waals surface area contributed by atoms with E-state index in [2.05, 4.69) is 15.3 Å². The third-order valence-corrected chi connectivity index (χ3v) is 5.93. The van der Waals surface area contributed by atoms with Crippen LogP contribution < -0.4 is 5.32 Å². The number of hydrogen-bond donors (Lipinski definition) is 3. The molecule has 0 unspecified atom stereocenters. The number of hydrogen-bond acceptors (Lipinski definition) is 6. The van der Waals surface area contributed by atoms with Gasteiger partial charge in [0.25, 0.3) is 0 Å². The van der Waals surface area contributed by atoms with Crippen LogP contribution in [0.15, 0.2) is 24.3 Å². The number of nitrogens with zero attached hydrogens (tertiary/aromatic N) is 2. The molecule has 0 saturated carbocycles. The van der Waals surface area contributed by atoms with Crippen LogP contribution in [0.2, 0.25) is 0 Å². The minimum Gasteiger partial charge on any atom is -0.508 e. The Hall–Kier alpha value is -2.18. The molecule has 25 heavy (non-hydrogen) atoms. The van der Waals surface area contributed by atoms with Gasteiger partial charge in [-0.05, 0) is 56.4 Å². The number of thiophene rings is 1. The molecular formula is C19H21N3O2S. The monoisotopic (exact) mass is 355 g/mol. The summed E-state index contributed by atoms with van der Waals surface area (Å²) in [6.07, 6.45) is 2.69. The van der Waals surface area contributed by atoms with Crippen molar-refractivity contribution in [3.05, 3.63) is 46.1 Å². The van der Waals surface area contributed by atoms with Crippen molar-refractivity contribution < 1.29 is 10.2 Å². The SMILES string of the molecule is Cc1nc(N[C@@H](C)[C@H](O)c2ccc(O)cc2)c2c3c(sc2n1)CCC3. The molecular weight excluding hydrogens is 334 g/mol. The van der Waals surface area contributed by atoms with Crippen molar-refractivity contribution in [2.24, 2.45) is 0 Å². The molecule has 3 N–H and O–H groups in total. The first-order valence-corrected chi connectivity index (χ1v) is 9.37. The van der Waals surface area contributed by atoms with Crippen LogP contribution in [0.3, 0.4) is 0 Å². The van der Waals surface area contributed by atoms with Crippen LogP contribution >= 0.6 is 11.3 Å². The van der Waals surface area contributed by atoms with E-state index in [9.17, 15) is 10.2 Å². The number of fused-ring (bicyclic) bond motifs is 3. The Morgan fingerprint density at radius 2 is 1.92 bits per heavy atom. The fourth-order valence-electron chi connectivity index (χ4n) is 3.46. The Morgan fingerprint density at radius 3 is 2.68 bits per heavy atom. The van der Waals surface area contributed by atoms with Gasteiger partial charge in [0, 0.05) is 4.88 Å². The Morgan fingerprint density at radius 1 is 1.16 bits per heavy atom. The number of phenols is 1. The van der Waals surface area contributed by atoms with Crippen LogP contribution in [-0.4, -0.2) is 26.2 Å². The Bertz CT molecular complexity index is 921. The second-order valence-corrected chi connectivity index (χ2v) is 7.71. The quantitative estimate of drug-likeness (QED) is 0.665. The molecule has 3 aromatic rings. The lowest BCUT2D eigenvalue weighted by Gasteiger charge is -2.22.